The molecule has 1 aliphatic heterocycles. The zero-order valence-electron chi connectivity index (χ0n) is 15.3. The molecule has 0 spiro atoms. The molecular formula is C18H30N4O3. The van der Waals surface area contributed by atoms with Crippen LogP contribution < -0.4 is 10.6 Å². The Morgan fingerprint density at radius 1 is 1.48 bits per heavy atom. The summed E-state index contributed by atoms with van der Waals surface area (Å²) in [7, 11) is 0. The van der Waals surface area contributed by atoms with Crippen molar-refractivity contribution >= 4 is 11.9 Å². The molecule has 1 aromatic rings. The summed E-state index contributed by atoms with van der Waals surface area (Å²) < 4.78 is 10.8. The van der Waals surface area contributed by atoms with Crippen LogP contribution in [0.5, 0.6) is 0 Å². The van der Waals surface area contributed by atoms with Crippen LogP contribution in [0.4, 0.5) is 0 Å². The fourth-order valence-corrected chi connectivity index (χ4v) is 2.77. The summed E-state index contributed by atoms with van der Waals surface area (Å²) in [5.74, 6) is 1.87. The van der Waals surface area contributed by atoms with Gasteiger partial charge >= 0.3 is 0 Å². The lowest BCUT2D eigenvalue weighted by Crippen LogP contribution is -2.45. The summed E-state index contributed by atoms with van der Waals surface area (Å²) in [6.07, 6.45) is 4.03. The fourth-order valence-electron chi connectivity index (χ4n) is 2.77. The Hall–Kier alpha value is -2.02. The maximum absolute atomic E-state index is 11.8. The second-order valence-corrected chi connectivity index (χ2v) is 6.07. The zero-order valence-corrected chi connectivity index (χ0v) is 15.3. The average molecular weight is 350 g/mol. The lowest BCUT2D eigenvalue weighted by molar-refractivity contribution is -0.129. The normalized spacial score (nSPS) is 17.8. The van der Waals surface area contributed by atoms with Gasteiger partial charge in [-0.05, 0) is 31.9 Å². The number of hydrogen-bond donors (Lipinski definition) is 2. The third-order valence-electron chi connectivity index (χ3n) is 4.07. The fraction of sp³-hybridized carbons (Fsp3) is 0.667. The van der Waals surface area contributed by atoms with E-state index in [9.17, 15) is 4.79 Å². The van der Waals surface area contributed by atoms with E-state index in [1.165, 1.54) is 0 Å². The van der Waals surface area contributed by atoms with Gasteiger partial charge in [0, 0.05) is 45.2 Å². The van der Waals surface area contributed by atoms with Crippen molar-refractivity contribution in [2.24, 2.45) is 4.99 Å². The number of nitrogens with one attached hydrogen (secondary N) is 2. The van der Waals surface area contributed by atoms with Gasteiger partial charge in [-0.2, -0.15) is 0 Å². The Morgan fingerprint density at radius 3 is 3.08 bits per heavy atom. The number of rotatable bonds is 9. The number of hydrogen-bond acceptors (Lipinski definition) is 4. The van der Waals surface area contributed by atoms with Crippen molar-refractivity contribution in [1.29, 1.82) is 0 Å². The molecule has 1 aliphatic rings. The Labute approximate surface area is 149 Å². The van der Waals surface area contributed by atoms with Crippen LogP contribution in [0.2, 0.25) is 0 Å². The molecule has 2 rings (SSSR count). The molecule has 7 heteroatoms. The van der Waals surface area contributed by atoms with Crippen molar-refractivity contribution in [2.75, 3.05) is 32.8 Å². The molecule has 0 bridgehead atoms. The molecule has 7 nitrogen and oxygen atoms in total. The van der Waals surface area contributed by atoms with E-state index < -0.39 is 0 Å². The quantitative estimate of drug-likeness (QED) is 0.403. The number of ether oxygens (including phenoxy) is 1. The van der Waals surface area contributed by atoms with Gasteiger partial charge in [-0.15, -0.1) is 0 Å². The highest BCUT2D eigenvalue weighted by Gasteiger charge is 2.25. The van der Waals surface area contributed by atoms with E-state index in [0.717, 1.165) is 44.2 Å². The van der Waals surface area contributed by atoms with Crippen molar-refractivity contribution in [3.05, 3.63) is 24.2 Å². The predicted octanol–water partition coefficient (Wildman–Crippen LogP) is 1.75. The van der Waals surface area contributed by atoms with Crippen molar-refractivity contribution in [3.63, 3.8) is 0 Å². The molecule has 1 amide bonds. The molecule has 1 aromatic heterocycles. The first kappa shape index (κ1) is 19.3. The molecular weight excluding hydrogens is 320 g/mol. The highest BCUT2D eigenvalue weighted by atomic mass is 16.5. The van der Waals surface area contributed by atoms with Crippen molar-refractivity contribution < 1.29 is 13.9 Å². The molecule has 1 atom stereocenters. The molecule has 1 fully saturated rings. The third-order valence-corrected chi connectivity index (χ3v) is 4.07. The summed E-state index contributed by atoms with van der Waals surface area (Å²) in [4.78, 5) is 18.3. The Morgan fingerprint density at radius 2 is 2.36 bits per heavy atom. The maximum atomic E-state index is 11.8. The van der Waals surface area contributed by atoms with E-state index in [-0.39, 0.29) is 11.9 Å². The maximum Gasteiger partial charge on any atom is 0.222 e. The number of aliphatic imine (C=N–C) groups is 1. The van der Waals surface area contributed by atoms with E-state index in [1.54, 1.807) is 6.26 Å². The topological polar surface area (TPSA) is 79.1 Å². The monoisotopic (exact) mass is 350 g/mol. The molecule has 1 saturated heterocycles. The van der Waals surface area contributed by atoms with Gasteiger partial charge in [0.2, 0.25) is 5.91 Å². The van der Waals surface area contributed by atoms with Gasteiger partial charge < -0.3 is 24.7 Å². The molecule has 2 N–H and O–H groups in total. The molecule has 25 heavy (non-hydrogen) atoms. The number of nitrogens with zero attached hydrogens (tertiary/aromatic N) is 2. The smallest absolute Gasteiger partial charge is 0.222 e. The highest BCUT2D eigenvalue weighted by molar-refractivity contribution is 5.80. The van der Waals surface area contributed by atoms with Crippen molar-refractivity contribution in [3.8, 4) is 0 Å². The molecule has 0 aromatic carbocycles. The number of furan rings is 1. The van der Waals surface area contributed by atoms with Crippen LogP contribution in [-0.2, 0) is 16.1 Å². The number of amides is 1. The zero-order chi connectivity index (χ0) is 17.9. The minimum Gasteiger partial charge on any atom is -0.467 e. The first-order valence-corrected chi connectivity index (χ1v) is 9.15. The summed E-state index contributed by atoms with van der Waals surface area (Å²) in [6, 6.07) is 4.03. The summed E-state index contributed by atoms with van der Waals surface area (Å²) in [6.45, 7) is 8.18. The van der Waals surface area contributed by atoms with Gasteiger partial charge in [0.05, 0.1) is 6.26 Å². The van der Waals surface area contributed by atoms with Crippen LogP contribution in [0.15, 0.2) is 27.8 Å². The van der Waals surface area contributed by atoms with Crippen molar-refractivity contribution in [2.45, 2.75) is 45.8 Å². The van der Waals surface area contributed by atoms with Gasteiger partial charge in [-0.1, -0.05) is 6.92 Å². The Balaban J connectivity index is 1.66. The average Bonchev–Trinajstić information content (AvgIpc) is 3.29. The van der Waals surface area contributed by atoms with Crippen molar-refractivity contribution in [1.82, 2.24) is 15.5 Å². The summed E-state index contributed by atoms with van der Waals surface area (Å²) >= 11 is 0. The largest absolute Gasteiger partial charge is 0.467 e. The van der Waals surface area contributed by atoms with Crippen LogP contribution in [0.1, 0.15) is 38.9 Å². The van der Waals surface area contributed by atoms with E-state index in [0.29, 0.717) is 26.2 Å². The lowest BCUT2D eigenvalue weighted by Gasteiger charge is -2.18. The first-order valence-electron chi connectivity index (χ1n) is 9.15. The number of carbonyl (C=O) groups is 1. The van der Waals surface area contributed by atoms with Gasteiger partial charge in [0.25, 0.3) is 0 Å². The van der Waals surface area contributed by atoms with Gasteiger partial charge in [0.15, 0.2) is 5.96 Å². The van der Waals surface area contributed by atoms with Gasteiger partial charge in [0.1, 0.15) is 12.4 Å². The second-order valence-electron chi connectivity index (χ2n) is 6.07. The van der Waals surface area contributed by atoms with Crippen LogP contribution >= 0.6 is 0 Å². The summed E-state index contributed by atoms with van der Waals surface area (Å²) in [5, 5.41) is 6.69. The van der Waals surface area contributed by atoms with E-state index in [4.69, 9.17) is 9.15 Å². The van der Waals surface area contributed by atoms with Crippen LogP contribution in [0, 0.1) is 0 Å². The third kappa shape index (κ3) is 6.78. The SMILES string of the molecule is CCNC(=NCCCOCc1ccco1)NC1CCN(C(=O)CC)C1. The number of guanidine groups is 1. The lowest BCUT2D eigenvalue weighted by atomic mass is 10.3. The number of likely N-dealkylation sites (tertiary alicyclic amines) is 1. The first-order chi connectivity index (χ1) is 12.2. The van der Waals surface area contributed by atoms with E-state index >= 15 is 0 Å². The second kappa shape index (κ2) is 10.8. The van der Waals surface area contributed by atoms with Crippen LogP contribution in [0.25, 0.3) is 0 Å². The van der Waals surface area contributed by atoms with E-state index in [1.807, 2.05) is 30.9 Å². The van der Waals surface area contributed by atoms with E-state index in [2.05, 4.69) is 15.6 Å². The molecule has 0 saturated carbocycles. The molecule has 140 valence electrons. The highest BCUT2D eigenvalue weighted by Crippen LogP contribution is 2.10. The Bertz CT molecular complexity index is 530. The standard InChI is InChI=1S/C18H30N4O3/c1-3-17(23)22-10-8-15(13-22)21-18(19-4-2)20-9-6-11-24-14-16-7-5-12-25-16/h5,7,12,15H,3-4,6,8-11,13-14H2,1-2H3,(H2,19,20,21). The van der Waals surface area contributed by atoms with Crippen LogP contribution in [-0.4, -0.2) is 55.6 Å². The van der Waals surface area contributed by atoms with Gasteiger partial charge in [-0.25, -0.2) is 0 Å². The van der Waals surface area contributed by atoms with Gasteiger partial charge in [-0.3, -0.25) is 9.79 Å². The van der Waals surface area contributed by atoms with Crippen LogP contribution in [0.3, 0.4) is 0 Å². The Kier molecular flexibility index (Phi) is 8.31. The predicted molar refractivity (Wildman–Crippen MR) is 97.4 cm³/mol. The molecule has 2 heterocycles. The summed E-state index contributed by atoms with van der Waals surface area (Å²) in [5.41, 5.74) is 0. The molecule has 0 radical (unpaired) electrons. The minimum absolute atomic E-state index is 0.222. The molecule has 0 aliphatic carbocycles. The number of carbonyl (C=O) groups excluding carboxylic acids is 1. The minimum atomic E-state index is 0.222. The molecule has 1 unspecified atom stereocenters.